The number of methoxy groups -OCH3 is 1. The second kappa shape index (κ2) is 8.41. The molecular weight excluding hydrogens is 378 g/mol. The molecule has 0 heterocycles. The molecule has 2 aromatic carbocycles. The smallest absolute Gasteiger partial charge is 0.335 e. The first kappa shape index (κ1) is 20.3. The first-order chi connectivity index (χ1) is 14.5. The highest BCUT2D eigenvalue weighted by Gasteiger charge is 2.43. The van der Waals surface area contributed by atoms with Gasteiger partial charge in [0, 0.05) is 11.6 Å². The van der Waals surface area contributed by atoms with E-state index in [0.717, 1.165) is 48.3 Å². The van der Waals surface area contributed by atoms with E-state index < -0.39 is 5.97 Å². The Morgan fingerprint density at radius 1 is 1.10 bits per heavy atom. The molecule has 0 aromatic heterocycles. The summed E-state index contributed by atoms with van der Waals surface area (Å²) >= 11 is 0. The van der Waals surface area contributed by atoms with Gasteiger partial charge in [-0.3, -0.25) is 0 Å². The summed E-state index contributed by atoms with van der Waals surface area (Å²) in [6, 6.07) is 12.8. The summed E-state index contributed by atoms with van der Waals surface area (Å²) in [5.41, 5.74) is 7.95. The van der Waals surface area contributed by atoms with Gasteiger partial charge in [0.15, 0.2) is 11.5 Å². The van der Waals surface area contributed by atoms with Crippen molar-refractivity contribution in [3.8, 4) is 23.3 Å². The average Bonchev–Trinajstić information content (AvgIpc) is 3.23. The van der Waals surface area contributed by atoms with E-state index in [4.69, 9.17) is 20.3 Å². The van der Waals surface area contributed by atoms with Crippen LogP contribution in [0.25, 0.3) is 0 Å². The fourth-order valence-electron chi connectivity index (χ4n) is 4.39. The lowest BCUT2D eigenvalue weighted by atomic mass is 9.62. The number of hydrogen-bond acceptors (Lipinski definition) is 4. The monoisotopic (exact) mass is 405 g/mol. The van der Waals surface area contributed by atoms with Gasteiger partial charge in [-0.1, -0.05) is 17.9 Å². The summed E-state index contributed by atoms with van der Waals surface area (Å²) in [4.78, 5) is 11.0. The molecule has 0 saturated heterocycles. The summed E-state index contributed by atoms with van der Waals surface area (Å²) in [5.74, 6) is 7.22. The molecule has 0 atom stereocenters. The van der Waals surface area contributed by atoms with Gasteiger partial charge in [0.2, 0.25) is 0 Å². The van der Waals surface area contributed by atoms with Gasteiger partial charge < -0.3 is 20.3 Å². The van der Waals surface area contributed by atoms with Crippen LogP contribution in [0.4, 0.5) is 0 Å². The normalized spacial score (nSPS) is 23.2. The van der Waals surface area contributed by atoms with E-state index in [2.05, 4.69) is 24.0 Å². The van der Waals surface area contributed by atoms with E-state index in [1.165, 1.54) is 12.8 Å². The maximum absolute atomic E-state index is 11.0. The number of carbonyl (C=O) groups is 1. The van der Waals surface area contributed by atoms with Crippen molar-refractivity contribution >= 4 is 5.97 Å². The number of aromatic carboxylic acids is 1. The Morgan fingerprint density at radius 3 is 2.40 bits per heavy atom. The first-order valence-corrected chi connectivity index (χ1v) is 10.5. The van der Waals surface area contributed by atoms with Crippen LogP contribution in [0.1, 0.15) is 60.0 Å². The SMILES string of the molecule is COc1ccc(C2(C#Cc3ccc(C(=O)O)cc3)CC(N)C2)cc1OC1CCCC1. The van der Waals surface area contributed by atoms with Crippen molar-refractivity contribution in [2.45, 2.75) is 56.1 Å². The van der Waals surface area contributed by atoms with Crippen LogP contribution in [0.3, 0.4) is 0 Å². The van der Waals surface area contributed by atoms with Crippen LogP contribution in [-0.2, 0) is 5.41 Å². The molecule has 0 radical (unpaired) electrons. The maximum atomic E-state index is 11.0. The third-order valence-corrected chi connectivity index (χ3v) is 6.11. The van der Waals surface area contributed by atoms with Gasteiger partial charge >= 0.3 is 5.97 Å². The van der Waals surface area contributed by atoms with Crippen LogP contribution in [0.2, 0.25) is 0 Å². The second-order valence-electron chi connectivity index (χ2n) is 8.27. The zero-order valence-corrected chi connectivity index (χ0v) is 17.2. The van der Waals surface area contributed by atoms with Crippen LogP contribution >= 0.6 is 0 Å². The van der Waals surface area contributed by atoms with Gasteiger partial charge in [-0.05, 0) is 80.5 Å². The summed E-state index contributed by atoms with van der Waals surface area (Å²) in [5, 5.41) is 9.06. The molecule has 5 nitrogen and oxygen atoms in total. The van der Waals surface area contributed by atoms with Crippen molar-refractivity contribution in [1.29, 1.82) is 0 Å². The van der Waals surface area contributed by atoms with Crippen molar-refractivity contribution in [3.63, 3.8) is 0 Å². The zero-order valence-electron chi connectivity index (χ0n) is 17.2. The Hall–Kier alpha value is -2.97. The highest BCUT2D eigenvalue weighted by atomic mass is 16.5. The van der Waals surface area contributed by atoms with Gasteiger partial charge in [0.1, 0.15) is 0 Å². The first-order valence-electron chi connectivity index (χ1n) is 10.5. The lowest BCUT2D eigenvalue weighted by Crippen LogP contribution is -2.48. The topological polar surface area (TPSA) is 81.8 Å². The molecule has 0 bridgehead atoms. The Morgan fingerprint density at radius 2 is 1.80 bits per heavy atom. The molecule has 30 heavy (non-hydrogen) atoms. The molecule has 2 aliphatic carbocycles. The number of nitrogens with two attached hydrogens (primary N) is 1. The zero-order chi connectivity index (χ0) is 21.1. The lowest BCUT2D eigenvalue weighted by molar-refractivity contribution is 0.0697. The molecule has 4 rings (SSSR count). The van der Waals surface area contributed by atoms with Gasteiger partial charge in [0.05, 0.1) is 24.2 Å². The molecule has 0 unspecified atom stereocenters. The summed E-state index contributed by atoms with van der Waals surface area (Å²) in [7, 11) is 1.66. The molecule has 5 heteroatoms. The van der Waals surface area contributed by atoms with Crippen molar-refractivity contribution in [1.82, 2.24) is 0 Å². The van der Waals surface area contributed by atoms with E-state index in [1.807, 2.05) is 6.07 Å². The average molecular weight is 405 g/mol. The number of hydrogen-bond donors (Lipinski definition) is 2. The van der Waals surface area contributed by atoms with E-state index in [1.54, 1.807) is 31.4 Å². The third kappa shape index (κ3) is 4.15. The van der Waals surface area contributed by atoms with Crippen molar-refractivity contribution < 1.29 is 19.4 Å². The molecule has 0 aliphatic heterocycles. The van der Waals surface area contributed by atoms with Crippen molar-refractivity contribution in [2.24, 2.45) is 5.73 Å². The van der Waals surface area contributed by atoms with E-state index in [0.29, 0.717) is 0 Å². The van der Waals surface area contributed by atoms with Crippen LogP contribution in [0.5, 0.6) is 11.5 Å². The van der Waals surface area contributed by atoms with Crippen molar-refractivity contribution in [2.75, 3.05) is 7.11 Å². The van der Waals surface area contributed by atoms with Crippen LogP contribution in [-0.4, -0.2) is 30.3 Å². The van der Waals surface area contributed by atoms with Crippen LogP contribution in [0.15, 0.2) is 42.5 Å². The lowest BCUT2D eigenvalue weighted by Gasteiger charge is -2.43. The van der Waals surface area contributed by atoms with E-state index in [9.17, 15) is 4.79 Å². The van der Waals surface area contributed by atoms with Gasteiger partial charge in [0.25, 0.3) is 0 Å². The molecule has 2 aliphatic rings. The third-order valence-electron chi connectivity index (χ3n) is 6.11. The highest BCUT2D eigenvalue weighted by molar-refractivity contribution is 5.87. The Kier molecular flexibility index (Phi) is 5.69. The Bertz CT molecular complexity index is 974. The number of rotatable bonds is 5. The number of benzene rings is 2. The van der Waals surface area contributed by atoms with Crippen LogP contribution in [0, 0.1) is 11.8 Å². The van der Waals surface area contributed by atoms with E-state index in [-0.39, 0.29) is 23.1 Å². The summed E-state index contributed by atoms with van der Waals surface area (Å²) in [6.45, 7) is 0. The molecule has 156 valence electrons. The molecular formula is C25H27NO4. The van der Waals surface area contributed by atoms with E-state index >= 15 is 0 Å². The van der Waals surface area contributed by atoms with Gasteiger partial charge in [-0.2, -0.15) is 0 Å². The quantitative estimate of drug-likeness (QED) is 0.731. The molecule has 3 N–H and O–H groups in total. The number of carboxylic acid groups (broad SMARTS) is 1. The largest absolute Gasteiger partial charge is 0.493 e. The van der Waals surface area contributed by atoms with Gasteiger partial charge in [-0.25, -0.2) is 4.79 Å². The molecule has 0 amide bonds. The number of ether oxygens (including phenoxy) is 2. The second-order valence-corrected chi connectivity index (χ2v) is 8.27. The standard InChI is InChI=1S/C25H27NO4/c1-29-22-11-10-19(14-23(22)30-21-4-2-3-5-21)25(15-20(26)16-25)13-12-17-6-8-18(9-7-17)24(27)28/h6-11,14,20-21H,2-5,15-16,26H2,1H3,(H,27,28). The predicted molar refractivity (Wildman–Crippen MR) is 115 cm³/mol. The minimum atomic E-state index is -0.941. The molecule has 2 saturated carbocycles. The minimum Gasteiger partial charge on any atom is -0.493 e. The predicted octanol–water partition coefficient (Wildman–Crippen LogP) is 4.13. The fourth-order valence-corrected chi connectivity index (χ4v) is 4.39. The fraction of sp³-hybridized carbons (Fsp3) is 0.400. The summed E-state index contributed by atoms with van der Waals surface area (Å²) < 4.78 is 11.8. The number of carboxylic acids is 1. The highest BCUT2D eigenvalue weighted by Crippen LogP contribution is 2.45. The van der Waals surface area contributed by atoms with Crippen LogP contribution < -0.4 is 15.2 Å². The van der Waals surface area contributed by atoms with Crippen molar-refractivity contribution in [3.05, 3.63) is 59.2 Å². The van der Waals surface area contributed by atoms with Gasteiger partial charge in [-0.15, -0.1) is 0 Å². The Balaban J connectivity index is 1.63. The Labute approximate surface area is 177 Å². The summed E-state index contributed by atoms with van der Waals surface area (Å²) in [6.07, 6.45) is 6.37. The molecule has 2 fully saturated rings. The maximum Gasteiger partial charge on any atom is 0.335 e. The minimum absolute atomic E-state index is 0.120. The molecule has 0 spiro atoms. The molecule has 2 aromatic rings.